The van der Waals surface area contributed by atoms with Crippen molar-refractivity contribution in [3.05, 3.63) is 47.0 Å². The number of benzene rings is 1. The first-order chi connectivity index (χ1) is 12.2. The lowest BCUT2D eigenvalue weighted by atomic mass is 10.1. The number of carbonyl (C=O) groups is 1. The minimum atomic E-state index is -0.659. The van der Waals surface area contributed by atoms with Crippen LogP contribution in [0.3, 0.4) is 0 Å². The maximum Gasteiger partial charge on any atom is 0.413 e. The van der Waals surface area contributed by atoms with E-state index in [-0.39, 0.29) is 17.2 Å². The fourth-order valence-electron chi connectivity index (χ4n) is 2.35. The number of hydrogen-bond acceptors (Lipinski definition) is 7. The van der Waals surface area contributed by atoms with Crippen LogP contribution in [0, 0.1) is 10.1 Å². The van der Waals surface area contributed by atoms with Gasteiger partial charge in [-0.2, -0.15) is 0 Å². The molecule has 9 nitrogen and oxygen atoms in total. The van der Waals surface area contributed by atoms with Gasteiger partial charge in [-0.05, 0) is 38.5 Å². The van der Waals surface area contributed by atoms with E-state index in [1.165, 1.54) is 24.7 Å². The van der Waals surface area contributed by atoms with Gasteiger partial charge in [-0.1, -0.05) is 0 Å². The second-order valence-corrected chi connectivity index (χ2v) is 6.48. The highest BCUT2D eigenvalue weighted by molar-refractivity contribution is 6.03. The maximum atomic E-state index is 12.1. The molecule has 26 heavy (non-hydrogen) atoms. The van der Waals surface area contributed by atoms with Gasteiger partial charge in [0.2, 0.25) is 5.71 Å². The van der Waals surface area contributed by atoms with Crippen LogP contribution >= 0.6 is 0 Å². The Morgan fingerprint density at radius 3 is 2.54 bits per heavy atom. The number of fused-ring (bicyclic) bond motifs is 1. The molecule has 0 unspecified atom stereocenters. The molecule has 0 radical (unpaired) electrons. The molecule has 9 heteroatoms. The van der Waals surface area contributed by atoms with Crippen LogP contribution in [-0.2, 0) is 4.74 Å². The van der Waals surface area contributed by atoms with Gasteiger partial charge >= 0.3 is 6.09 Å². The van der Waals surface area contributed by atoms with Crippen LogP contribution < -0.4 is 5.32 Å². The average Bonchev–Trinajstić information content (AvgIpc) is 2.98. The van der Waals surface area contributed by atoms with E-state index in [4.69, 9.17) is 9.15 Å². The number of furan rings is 1. The number of nitro groups is 1. The van der Waals surface area contributed by atoms with Crippen LogP contribution in [0.5, 0.6) is 0 Å². The van der Waals surface area contributed by atoms with Gasteiger partial charge in [-0.15, -0.1) is 0 Å². The second kappa shape index (κ2) is 6.43. The molecule has 2 aromatic heterocycles. The Labute approximate surface area is 148 Å². The Morgan fingerprint density at radius 1 is 1.23 bits per heavy atom. The van der Waals surface area contributed by atoms with Crippen molar-refractivity contribution in [3.8, 4) is 11.1 Å². The number of ether oxygens (including phenoxy) is 1. The third kappa shape index (κ3) is 3.61. The molecular weight excluding hydrogens is 340 g/mol. The summed E-state index contributed by atoms with van der Waals surface area (Å²) >= 11 is 0. The molecule has 2 heterocycles. The molecule has 1 aromatic carbocycles. The fraction of sp³-hybridized carbons (Fsp3) is 0.235. The largest absolute Gasteiger partial charge is 0.445 e. The van der Waals surface area contributed by atoms with Crippen molar-refractivity contribution < 1.29 is 18.9 Å². The Hall–Kier alpha value is -3.49. The molecule has 0 aliphatic rings. The highest BCUT2D eigenvalue weighted by Crippen LogP contribution is 2.34. The third-order valence-corrected chi connectivity index (χ3v) is 3.38. The summed E-state index contributed by atoms with van der Waals surface area (Å²) in [5, 5.41) is 13.9. The number of nitrogens with one attached hydrogen (secondary N) is 1. The summed E-state index contributed by atoms with van der Waals surface area (Å²) in [6.07, 6.45) is 2.06. The van der Waals surface area contributed by atoms with Crippen molar-refractivity contribution in [2.24, 2.45) is 0 Å². The number of hydrogen-bond donors (Lipinski definition) is 1. The molecule has 3 rings (SSSR count). The van der Waals surface area contributed by atoms with Crippen molar-refractivity contribution in [1.29, 1.82) is 0 Å². The van der Waals surface area contributed by atoms with Crippen LogP contribution in [0.4, 0.5) is 16.3 Å². The predicted octanol–water partition coefficient (Wildman–Crippen LogP) is 4.15. The van der Waals surface area contributed by atoms with Gasteiger partial charge in [-0.25, -0.2) is 14.8 Å². The monoisotopic (exact) mass is 356 g/mol. The first-order valence-electron chi connectivity index (χ1n) is 7.71. The molecule has 0 fully saturated rings. The first-order valence-corrected chi connectivity index (χ1v) is 7.71. The number of rotatable bonds is 3. The van der Waals surface area contributed by atoms with Crippen LogP contribution in [0.1, 0.15) is 20.8 Å². The lowest BCUT2D eigenvalue weighted by molar-refractivity contribution is -0.384. The summed E-state index contributed by atoms with van der Waals surface area (Å²) in [5.41, 5.74) is 0.857. The molecule has 0 spiro atoms. The number of non-ortho nitro benzene ring substituents is 1. The van der Waals surface area contributed by atoms with Gasteiger partial charge in [0.25, 0.3) is 5.69 Å². The lowest BCUT2D eigenvalue weighted by Crippen LogP contribution is -2.27. The smallest absolute Gasteiger partial charge is 0.413 e. The summed E-state index contributed by atoms with van der Waals surface area (Å²) in [7, 11) is 0. The SMILES string of the molecule is CC(C)(C)OC(=O)Nc1ncnc2occ(-c3ccc([N+](=O)[O-])cc3)c12. The van der Waals surface area contributed by atoms with Crippen molar-refractivity contribution in [3.63, 3.8) is 0 Å². The minimum Gasteiger partial charge on any atom is -0.445 e. The van der Waals surface area contributed by atoms with Gasteiger partial charge < -0.3 is 9.15 Å². The van der Waals surface area contributed by atoms with E-state index in [1.54, 1.807) is 32.9 Å². The molecule has 0 saturated heterocycles. The van der Waals surface area contributed by atoms with E-state index in [2.05, 4.69) is 15.3 Å². The van der Waals surface area contributed by atoms with Crippen LogP contribution in [-0.4, -0.2) is 26.6 Å². The molecule has 0 saturated carbocycles. The van der Waals surface area contributed by atoms with Crippen LogP contribution in [0.15, 0.2) is 41.3 Å². The van der Waals surface area contributed by atoms with Gasteiger partial charge in [0.1, 0.15) is 18.2 Å². The number of amides is 1. The number of anilines is 1. The standard InChI is InChI=1S/C17H16N4O5/c1-17(2,3)26-16(22)20-14-13-12(8-25-15(13)19-9-18-14)10-4-6-11(7-5-10)21(23)24/h4-9H,1-3H3,(H,18,19,20,22). The number of nitrogens with zero attached hydrogens (tertiary/aromatic N) is 3. The minimum absolute atomic E-state index is 0.0232. The van der Waals surface area contributed by atoms with E-state index in [0.29, 0.717) is 16.5 Å². The van der Waals surface area contributed by atoms with Crippen molar-refractivity contribution >= 4 is 28.7 Å². The zero-order valence-electron chi connectivity index (χ0n) is 14.3. The van der Waals surface area contributed by atoms with E-state index < -0.39 is 16.6 Å². The van der Waals surface area contributed by atoms with E-state index in [0.717, 1.165) is 0 Å². The van der Waals surface area contributed by atoms with E-state index >= 15 is 0 Å². The molecule has 0 aliphatic heterocycles. The van der Waals surface area contributed by atoms with Gasteiger partial charge in [0.05, 0.1) is 10.3 Å². The summed E-state index contributed by atoms with van der Waals surface area (Å²) in [6.45, 7) is 5.26. The average molecular weight is 356 g/mol. The Bertz CT molecular complexity index is 973. The highest BCUT2D eigenvalue weighted by Gasteiger charge is 2.20. The number of aromatic nitrogens is 2. The molecule has 1 N–H and O–H groups in total. The molecular formula is C17H16N4O5. The molecule has 134 valence electrons. The zero-order chi connectivity index (χ0) is 18.9. The topological polar surface area (TPSA) is 120 Å². The number of carbonyl (C=O) groups excluding carboxylic acids is 1. The fourth-order valence-corrected chi connectivity index (χ4v) is 2.35. The van der Waals surface area contributed by atoms with Gasteiger partial charge in [0, 0.05) is 17.7 Å². The number of nitro benzene ring substituents is 1. The summed E-state index contributed by atoms with van der Waals surface area (Å²) in [6, 6.07) is 5.96. The quantitative estimate of drug-likeness (QED) is 0.553. The van der Waals surface area contributed by atoms with E-state index in [9.17, 15) is 14.9 Å². The molecule has 0 atom stereocenters. The Kier molecular flexibility index (Phi) is 4.29. The van der Waals surface area contributed by atoms with Crippen LogP contribution in [0.25, 0.3) is 22.2 Å². The third-order valence-electron chi connectivity index (χ3n) is 3.38. The summed E-state index contributed by atoms with van der Waals surface area (Å²) in [5.74, 6) is 0.228. The lowest BCUT2D eigenvalue weighted by Gasteiger charge is -2.19. The Balaban J connectivity index is 2.00. The molecule has 0 aliphatic carbocycles. The van der Waals surface area contributed by atoms with Crippen LogP contribution in [0.2, 0.25) is 0 Å². The second-order valence-electron chi connectivity index (χ2n) is 6.48. The normalized spacial score (nSPS) is 11.3. The van der Waals surface area contributed by atoms with Crippen molar-refractivity contribution in [1.82, 2.24) is 9.97 Å². The van der Waals surface area contributed by atoms with Gasteiger partial charge in [-0.3, -0.25) is 15.4 Å². The van der Waals surface area contributed by atoms with Crippen molar-refractivity contribution in [2.45, 2.75) is 26.4 Å². The molecule has 3 aromatic rings. The van der Waals surface area contributed by atoms with E-state index in [1.807, 2.05) is 0 Å². The van der Waals surface area contributed by atoms with Crippen molar-refractivity contribution in [2.75, 3.05) is 5.32 Å². The summed E-state index contributed by atoms with van der Waals surface area (Å²) < 4.78 is 10.7. The maximum absolute atomic E-state index is 12.1. The highest BCUT2D eigenvalue weighted by atomic mass is 16.6. The first kappa shape index (κ1) is 17.3. The zero-order valence-corrected chi connectivity index (χ0v) is 14.3. The molecule has 0 bridgehead atoms. The summed E-state index contributed by atoms with van der Waals surface area (Å²) in [4.78, 5) is 30.5. The molecule has 1 amide bonds. The Morgan fingerprint density at radius 2 is 1.92 bits per heavy atom. The van der Waals surface area contributed by atoms with Gasteiger partial charge in [0.15, 0.2) is 5.82 Å². The predicted molar refractivity (Wildman–Crippen MR) is 93.8 cm³/mol.